The molecule has 1 aromatic rings. The molecule has 24 heavy (non-hydrogen) atoms. The van der Waals surface area contributed by atoms with Gasteiger partial charge >= 0.3 is 0 Å². The van der Waals surface area contributed by atoms with E-state index in [0.717, 1.165) is 12.4 Å². The van der Waals surface area contributed by atoms with Gasteiger partial charge in [0.15, 0.2) is 5.78 Å². The van der Waals surface area contributed by atoms with E-state index >= 15 is 0 Å². The molecule has 0 unspecified atom stereocenters. The van der Waals surface area contributed by atoms with Crippen LogP contribution in [0.15, 0.2) is 44.9 Å². The van der Waals surface area contributed by atoms with Crippen molar-refractivity contribution in [3.8, 4) is 0 Å². The van der Waals surface area contributed by atoms with Crippen molar-refractivity contribution in [1.82, 2.24) is 0 Å². The summed E-state index contributed by atoms with van der Waals surface area (Å²) >= 11 is 3.34. The molecule has 0 amide bonds. The molecule has 8 heteroatoms. The normalized spacial score (nSPS) is 13.6. The summed E-state index contributed by atoms with van der Waals surface area (Å²) in [5, 5.41) is 0. The lowest BCUT2D eigenvalue weighted by molar-refractivity contribution is 0.101. The third-order valence-electron chi connectivity index (χ3n) is 2.92. The van der Waals surface area contributed by atoms with E-state index in [1.54, 1.807) is 0 Å². The van der Waals surface area contributed by atoms with Gasteiger partial charge in [-0.3, -0.25) is 9.79 Å². The van der Waals surface area contributed by atoms with Gasteiger partial charge in [-0.1, -0.05) is 0 Å². The van der Waals surface area contributed by atoms with Gasteiger partial charge in [-0.25, -0.2) is 14.4 Å². The molecule has 0 bridgehead atoms. The lowest BCUT2D eigenvalue weighted by Gasteiger charge is -2.07. The van der Waals surface area contributed by atoms with Gasteiger partial charge in [0.05, 0.1) is 12.0 Å². The van der Waals surface area contributed by atoms with Gasteiger partial charge in [-0.2, -0.15) is 0 Å². The summed E-state index contributed by atoms with van der Waals surface area (Å²) in [6.07, 6.45) is 2.72. The number of nitrogens with two attached hydrogens (primary N) is 2. The summed E-state index contributed by atoms with van der Waals surface area (Å²) in [4.78, 5) is 24.2. The van der Waals surface area contributed by atoms with Gasteiger partial charge < -0.3 is 11.5 Å². The van der Waals surface area contributed by atoms with Crippen molar-refractivity contribution in [2.24, 2.45) is 26.4 Å². The van der Waals surface area contributed by atoms with E-state index in [9.17, 15) is 9.18 Å². The van der Waals surface area contributed by atoms with Crippen LogP contribution in [0.2, 0.25) is 0 Å². The van der Waals surface area contributed by atoms with Crippen molar-refractivity contribution in [3.63, 3.8) is 0 Å². The average Bonchev–Trinajstić information content (AvgIpc) is 2.54. The molecule has 0 fully saturated rings. The van der Waals surface area contributed by atoms with Crippen molar-refractivity contribution in [1.29, 1.82) is 0 Å². The average molecular weight is 396 g/mol. The van der Waals surface area contributed by atoms with Crippen molar-refractivity contribution in [2.45, 2.75) is 20.3 Å². The number of carbonyl (C=O) groups excluding carboxylic acids is 1. The fraction of sp³-hybridized carbons (Fsp3) is 0.250. The molecule has 0 spiro atoms. The van der Waals surface area contributed by atoms with Crippen molar-refractivity contribution in [2.75, 3.05) is 6.54 Å². The SMILES string of the molecule is CCN=C(Br)C(=CN)CC(N=CN)=Nc1ccc(F)cc1C(C)=O. The fourth-order valence-electron chi connectivity index (χ4n) is 1.84. The number of aliphatic imine (C=N–C) groups is 3. The predicted octanol–water partition coefficient (Wildman–Crippen LogP) is 3.09. The number of benzene rings is 1. The van der Waals surface area contributed by atoms with Gasteiger partial charge in [-0.15, -0.1) is 0 Å². The first-order valence-corrected chi connectivity index (χ1v) is 7.95. The zero-order valence-electron chi connectivity index (χ0n) is 13.5. The Kier molecular flexibility index (Phi) is 7.97. The Morgan fingerprint density at radius 1 is 1.38 bits per heavy atom. The van der Waals surface area contributed by atoms with Crippen LogP contribution < -0.4 is 11.5 Å². The summed E-state index contributed by atoms with van der Waals surface area (Å²) in [6.45, 7) is 3.81. The summed E-state index contributed by atoms with van der Waals surface area (Å²) < 4.78 is 13.9. The van der Waals surface area contributed by atoms with Crippen LogP contribution in [0, 0.1) is 5.82 Å². The van der Waals surface area contributed by atoms with Crippen LogP contribution in [0.4, 0.5) is 10.1 Å². The lowest BCUT2D eigenvalue weighted by atomic mass is 10.1. The van der Waals surface area contributed by atoms with E-state index in [2.05, 4.69) is 30.9 Å². The minimum atomic E-state index is -0.511. The minimum absolute atomic E-state index is 0.166. The minimum Gasteiger partial charge on any atom is -0.404 e. The second kappa shape index (κ2) is 9.71. The number of halogens is 2. The number of amidine groups is 1. The van der Waals surface area contributed by atoms with E-state index in [-0.39, 0.29) is 17.8 Å². The topological polar surface area (TPSA) is 106 Å². The van der Waals surface area contributed by atoms with Crippen molar-refractivity contribution >= 4 is 44.2 Å². The molecule has 0 aromatic heterocycles. The molecule has 0 heterocycles. The van der Waals surface area contributed by atoms with E-state index < -0.39 is 5.82 Å². The van der Waals surface area contributed by atoms with E-state index in [1.807, 2.05) is 6.92 Å². The van der Waals surface area contributed by atoms with E-state index in [1.165, 1.54) is 25.3 Å². The Labute approximate surface area is 148 Å². The summed E-state index contributed by atoms with van der Waals surface area (Å²) in [5.41, 5.74) is 12.1. The highest BCUT2D eigenvalue weighted by Crippen LogP contribution is 2.23. The number of rotatable bonds is 6. The Morgan fingerprint density at radius 3 is 2.62 bits per heavy atom. The van der Waals surface area contributed by atoms with E-state index in [0.29, 0.717) is 28.3 Å². The molecule has 0 saturated heterocycles. The fourth-order valence-corrected chi connectivity index (χ4v) is 2.36. The molecule has 6 nitrogen and oxygen atoms in total. The Hall–Kier alpha value is -2.35. The second-order valence-corrected chi connectivity index (χ2v) is 5.41. The maximum Gasteiger partial charge on any atom is 0.162 e. The number of ketones is 1. The van der Waals surface area contributed by atoms with Crippen LogP contribution >= 0.6 is 15.9 Å². The number of Topliss-reactive ketones (excluding diaryl/α,β-unsaturated/α-hetero) is 1. The molecule has 0 atom stereocenters. The largest absolute Gasteiger partial charge is 0.404 e. The van der Waals surface area contributed by atoms with Crippen LogP contribution in [-0.2, 0) is 0 Å². The Morgan fingerprint density at radius 2 is 2.08 bits per heavy atom. The van der Waals surface area contributed by atoms with Crippen LogP contribution in [0.5, 0.6) is 0 Å². The van der Waals surface area contributed by atoms with Crippen LogP contribution in [-0.4, -0.2) is 29.1 Å². The number of carbonyl (C=O) groups is 1. The highest BCUT2D eigenvalue weighted by molar-refractivity contribution is 9.18. The molecule has 1 rings (SSSR count). The summed E-state index contributed by atoms with van der Waals surface area (Å²) in [7, 11) is 0. The third-order valence-corrected chi connectivity index (χ3v) is 3.68. The van der Waals surface area contributed by atoms with Crippen LogP contribution in [0.3, 0.4) is 0 Å². The van der Waals surface area contributed by atoms with Gasteiger partial charge in [0.1, 0.15) is 16.3 Å². The standard InChI is InChI=1S/C16H19BrFN5O/c1-3-21-16(17)11(8-19)6-15(22-9-20)23-14-5-4-12(18)7-13(14)10(2)24/h4-5,7-9H,3,6,19H2,1-2H3,(H2,20,22,23). The van der Waals surface area contributed by atoms with Gasteiger partial charge in [0.2, 0.25) is 0 Å². The number of hydrogen-bond donors (Lipinski definition) is 2. The molecule has 0 radical (unpaired) electrons. The van der Waals surface area contributed by atoms with Crippen LogP contribution in [0.25, 0.3) is 0 Å². The van der Waals surface area contributed by atoms with Gasteiger partial charge in [0.25, 0.3) is 0 Å². The first-order chi connectivity index (χ1) is 11.4. The second-order valence-electron chi connectivity index (χ2n) is 4.66. The molecular weight excluding hydrogens is 377 g/mol. The van der Waals surface area contributed by atoms with Gasteiger partial charge in [-0.05, 0) is 48.0 Å². The molecule has 0 aliphatic heterocycles. The smallest absolute Gasteiger partial charge is 0.162 e. The molecule has 0 aliphatic carbocycles. The van der Waals surface area contributed by atoms with Crippen molar-refractivity contribution in [3.05, 3.63) is 41.4 Å². The highest BCUT2D eigenvalue weighted by atomic mass is 79.9. The molecule has 0 aliphatic rings. The monoisotopic (exact) mass is 395 g/mol. The number of hydrogen-bond acceptors (Lipinski definition) is 4. The lowest BCUT2D eigenvalue weighted by Crippen LogP contribution is -2.07. The third kappa shape index (κ3) is 5.69. The molecule has 0 saturated carbocycles. The molecule has 128 valence electrons. The summed E-state index contributed by atoms with van der Waals surface area (Å²) in [5.74, 6) is -0.498. The van der Waals surface area contributed by atoms with E-state index in [4.69, 9.17) is 11.5 Å². The number of nitrogens with zero attached hydrogens (tertiary/aromatic N) is 3. The maximum atomic E-state index is 13.4. The Bertz CT molecular complexity index is 725. The Balaban J connectivity index is 3.29. The first-order valence-electron chi connectivity index (χ1n) is 7.16. The molecule has 4 N–H and O–H groups in total. The zero-order valence-corrected chi connectivity index (χ0v) is 15.0. The maximum absolute atomic E-state index is 13.4. The van der Waals surface area contributed by atoms with Crippen LogP contribution in [0.1, 0.15) is 30.6 Å². The molecular formula is C16H19BrFN5O. The summed E-state index contributed by atoms with van der Waals surface area (Å²) in [6, 6.07) is 3.78. The zero-order chi connectivity index (χ0) is 18.1. The van der Waals surface area contributed by atoms with Crippen molar-refractivity contribution < 1.29 is 9.18 Å². The molecule has 1 aromatic carbocycles. The first kappa shape index (κ1) is 19.7. The predicted molar refractivity (Wildman–Crippen MR) is 100.0 cm³/mol. The highest BCUT2D eigenvalue weighted by Gasteiger charge is 2.12. The van der Waals surface area contributed by atoms with Gasteiger partial charge in [0, 0.05) is 30.3 Å². The quantitative estimate of drug-likeness (QED) is 0.438.